The predicted octanol–water partition coefficient (Wildman–Crippen LogP) is 3.77. The number of anilines is 1. The summed E-state index contributed by atoms with van der Waals surface area (Å²) in [6, 6.07) is 13.0. The third-order valence-corrected chi connectivity index (χ3v) is 3.02. The van der Waals surface area contributed by atoms with Gasteiger partial charge in [0.2, 0.25) is 0 Å². The van der Waals surface area contributed by atoms with E-state index in [-0.39, 0.29) is 0 Å². The Bertz CT molecular complexity index is 567. The molecule has 0 unspecified atom stereocenters. The number of ether oxygens (including phenoxy) is 1. The van der Waals surface area contributed by atoms with Gasteiger partial charge in [0.05, 0.1) is 7.11 Å². The van der Waals surface area contributed by atoms with Crippen LogP contribution in [0.15, 0.2) is 42.5 Å². The van der Waals surface area contributed by atoms with Crippen molar-refractivity contribution in [2.75, 3.05) is 12.4 Å². The normalized spacial score (nSPS) is 10.0. The largest absolute Gasteiger partial charge is 0.497 e. The van der Waals surface area contributed by atoms with Gasteiger partial charge in [0.15, 0.2) is 6.29 Å². The smallest absolute Gasteiger partial charge is 0.152 e. The Labute approximate surface area is 117 Å². The Morgan fingerprint density at radius 1 is 1.21 bits per heavy atom. The number of benzene rings is 2. The molecule has 0 heterocycles. The molecule has 0 atom stereocenters. The van der Waals surface area contributed by atoms with Gasteiger partial charge in [0.25, 0.3) is 0 Å². The molecule has 2 aromatic rings. The number of halogens is 1. The van der Waals surface area contributed by atoms with E-state index < -0.39 is 0 Å². The van der Waals surface area contributed by atoms with Crippen LogP contribution in [0.25, 0.3) is 0 Å². The molecule has 0 aliphatic carbocycles. The van der Waals surface area contributed by atoms with Gasteiger partial charge in [0.1, 0.15) is 5.75 Å². The number of carbonyl (C=O) groups excluding carboxylic acids is 1. The van der Waals surface area contributed by atoms with Crippen molar-refractivity contribution in [3.05, 3.63) is 58.6 Å². The summed E-state index contributed by atoms with van der Waals surface area (Å²) in [5.41, 5.74) is 2.43. The lowest BCUT2D eigenvalue weighted by Gasteiger charge is -2.09. The quantitative estimate of drug-likeness (QED) is 0.844. The van der Waals surface area contributed by atoms with Gasteiger partial charge in [-0.1, -0.05) is 23.7 Å². The van der Waals surface area contributed by atoms with Crippen molar-refractivity contribution in [2.24, 2.45) is 0 Å². The molecule has 3 nitrogen and oxygen atoms in total. The summed E-state index contributed by atoms with van der Waals surface area (Å²) in [6.45, 7) is 0.631. The van der Waals surface area contributed by atoms with Gasteiger partial charge in [-0.15, -0.1) is 0 Å². The first-order valence-electron chi connectivity index (χ1n) is 5.84. The number of nitrogens with one attached hydrogen (secondary N) is 1. The molecule has 0 radical (unpaired) electrons. The third-order valence-electron chi connectivity index (χ3n) is 2.78. The molecule has 0 amide bonds. The fourth-order valence-electron chi connectivity index (χ4n) is 1.73. The molecule has 0 aliphatic heterocycles. The summed E-state index contributed by atoms with van der Waals surface area (Å²) in [5, 5.41) is 3.77. The summed E-state index contributed by atoms with van der Waals surface area (Å²) in [7, 11) is 1.64. The first kappa shape index (κ1) is 13.4. The topological polar surface area (TPSA) is 38.3 Å². The SMILES string of the molecule is COc1ccc(CNc2ccc(Cl)cc2C=O)cc1. The Morgan fingerprint density at radius 2 is 1.95 bits per heavy atom. The van der Waals surface area contributed by atoms with Crippen LogP contribution < -0.4 is 10.1 Å². The highest BCUT2D eigenvalue weighted by Gasteiger charge is 2.02. The molecular formula is C15H14ClNO2. The lowest BCUT2D eigenvalue weighted by atomic mass is 10.1. The van der Waals surface area contributed by atoms with E-state index in [1.807, 2.05) is 24.3 Å². The van der Waals surface area contributed by atoms with Crippen molar-refractivity contribution in [1.82, 2.24) is 0 Å². The first-order chi connectivity index (χ1) is 9.22. The minimum Gasteiger partial charge on any atom is -0.497 e. The van der Waals surface area contributed by atoms with Crippen LogP contribution in [-0.2, 0) is 6.54 Å². The predicted molar refractivity (Wildman–Crippen MR) is 77.2 cm³/mol. The zero-order valence-electron chi connectivity index (χ0n) is 10.5. The second-order valence-electron chi connectivity index (χ2n) is 4.05. The maximum absolute atomic E-state index is 11.0. The van der Waals surface area contributed by atoms with Crippen LogP contribution in [0.2, 0.25) is 5.02 Å². The van der Waals surface area contributed by atoms with E-state index in [9.17, 15) is 4.79 Å². The molecule has 0 fully saturated rings. The number of hydrogen-bond donors (Lipinski definition) is 1. The lowest BCUT2D eigenvalue weighted by Crippen LogP contribution is -2.02. The summed E-state index contributed by atoms with van der Waals surface area (Å²) in [4.78, 5) is 11.0. The molecular weight excluding hydrogens is 262 g/mol. The average molecular weight is 276 g/mol. The Balaban J connectivity index is 2.07. The van der Waals surface area contributed by atoms with Crippen LogP contribution in [0, 0.1) is 0 Å². The monoisotopic (exact) mass is 275 g/mol. The molecule has 0 aliphatic rings. The highest BCUT2D eigenvalue weighted by atomic mass is 35.5. The fourth-order valence-corrected chi connectivity index (χ4v) is 1.91. The van der Waals surface area contributed by atoms with Gasteiger partial charge < -0.3 is 10.1 Å². The molecule has 19 heavy (non-hydrogen) atoms. The number of carbonyl (C=O) groups is 1. The fraction of sp³-hybridized carbons (Fsp3) is 0.133. The Hall–Kier alpha value is -2.00. The van der Waals surface area contributed by atoms with E-state index in [1.165, 1.54) is 0 Å². The average Bonchev–Trinajstić information content (AvgIpc) is 2.46. The molecule has 1 N–H and O–H groups in total. The third kappa shape index (κ3) is 3.48. The minimum atomic E-state index is 0.553. The minimum absolute atomic E-state index is 0.553. The van der Waals surface area contributed by atoms with E-state index in [4.69, 9.17) is 16.3 Å². The molecule has 2 rings (SSSR count). The van der Waals surface area contributed by atoms with Gasteiger partial charge in [0, 0.05) is 22.8 Å². The van der Waals surface area contributed by atoms with Gasteiger partial charge in [-0.3, -0.25) is 4.79 Å². The molecule has 0 spiro atoms. The number of aldehydes is 1. The summed E-state index contributed by atoms with van der Waals surface area (Å²) in [6.07, 6.45) is 0.794. The van der Waals surface area contributed by atoms with Gasteiger partial charge in [-0.25, -0.2) is 0 Å². The molecule has 0 saturated carbocycles. The molecule has 98 valence electrons. The van der Waals surface area contributed by atoms with Crippen LogP contribution in [0.5, 0.6) is 5.75 Å². The molecule has 2 aromatic carbocycles. The number of rotatable bonds is 5. The van der Waals surface area contributed by atoms with E-state index in [0.717, 1.165) is 23.3 Å². The van der Waals surface area contributed by atoms with Gasteiger partial charge >= 0.3 is 0 Å². The number of methoxy groups -OCH3 is 1. The summed E-state index contributed by atoms with van der Waals surface area (Å²) in [5.74, 6) is 0.823. The molecule has 0 saturated heterocycles. The molecule has 0 bridgehead atoms. The lowest BCUT2D eigenvalue weighted by molar-refractivity contribution is 0.112. The van der Waals surface area contributed by atoms with E-state index in [1.54, 1.807) is 25.3 Å². The second kappa shape index (κ2) is 6.25. The van der Waals surface area contributed by atoms with E-state index in [0.29, 0.717) is 17.1 Å². The molecule has 0 aromatic heterocycles. The van der Waals surface area contributed by atoms with Crippen molar-refractivity contribution in [3.63, 3.8) is 0 Å². The van der Waals surface area contributed by atoms with Crippen molar-refractivity contribution in [1.29, 1.82) is 0 Å². The van der Waals surface area contributed by atoms with Crippen molar-refractivity contribution < 1.29 is 9.53 Å². The van der Waals surface area contributed by atoms with Crippen LogP contribution in [0.1, 0.15) is 15.9 Å². The van der Waals surface area contributed by atoms with Gasteiger partial charge in [-0.05, 0) is 35.9 Å². The zero-order valence-corrected chi connectivity index (χ0v) is 11.3. The van der Waals surface area contributed by atoms with Crippen LogP contribution in [0.3, 0.4) is 0 Å². The second-order valence-corrected chi connectivity index (χ2v) is 4.49. The maximum atomic E-state index is 11.0. The highest BCUT2D eigenvalue weighted by molar-refractivity contribution is 6.31. The standard InChI is InChI=1S/C15H14ClNO2/c1-19-14-5-2-11(3-6-14)9-17-15-7-4-13(16)8-12(15)10-18/h2-8,10,17H,9H2,1H3. The Morgan fingerprint density at radius 3 is 2.58 bits per heavy atom. The Kier molecular flexibility index (Phi) is 4.42. The van der Waals surface area contributed by atoms with Gasteiger partial charge in [-0.2, -0.15) is 0 Å². The van der Waals surface area contributed by atoms with Crippen molar-refractivity contribution in [2.45, 2.75) is 6.54 Å². The highest BCUT2D eigenvalue weighted by Crippen LogP contribution is 2.20. The maximum Gasteiger partial charge on any atom is 0.152 e. The van der Waals surface area contributed by atoms with Crippen LogP contribution in [-0.4, -0.2) is 13.4 Å². The molecule has 4 heteroatoms. The van der Waals surface area contributed by atoms with Crippen LogP contribution in [0.4, 0.5) is 5.69 Å². The first-order valence-corrected chi connectivity index (χ1v) is 6.22. The van der Waals surface area contributed by atoms with E-state index in [2.05, 4.69) is 5.32 Å². The van der Waals surface area contributed by atoms with Crippen molar-refractivity contribution >= 4 is 23.6 Å². The number of hydrogen-bond acceptors (Lipinski definition) is 3. The van der Waals surface area contributed by atoms with Crippen molar-refractivity contribution in [3.8, 4) is 5.75 Å². The summed E-state index contributed by atoms with van der Waals surface area (Å²) < 4.78 is 5.10. The zero-order chi connectivity index (χ0) is 13.7. The van der Waals surface area contributed by atoms with E-state index >= 15 is 0 Å². The summed E-state index contributed by atoms with van der Waals surface area (Å²) >= 11 is 5.85. The van der Waals surface area contributed by atoms with Crippen LogP contribution >= 0.6 is 11.6 Å².